The van der Waals surface area contributed by atoms with Gasteiger partial charge in [0.1, 0.15) is 0 Å². The summed E-state index contributed by atoms with van der Waals surface area (Å²) >= 11 is 1.82. The van der Waals surface area contributed by atoms with Crippen LogP contribution in [0.15, 0.2) is 0 Å². The SMILES string of the molecule is CC(C)OCCN(C)c1nc(C(C)C)c(CNC2CC2)s1. The Labute approximate surface area is 132 Å². The minimum Gasteiger partial charge on any atom is -0.377 e. The van der Waals surface area contributed by atoms with Crippen molar-refractivity contribution in [3.63, 3.8) is 0 Å². The van der Waals surface area contributed by atoms with Gasteiger partial charge in [-0.25, -0.2) is 4.98 Å². The molecule has 5 heteroatoms. The van der Waals surface area contributed by atoms with Crippen LogP contribution in [0, 0.1) is 0 Å². The highest BCUT2D eigenvalue weighted by molar-refractivity contribution is 7.15. The summed E-state index contributed by atoms with van der Waals surface area (Å²) in [5.74, 6) is 0.478. The van der Waals surface area contributed by atoms with Crippen molar-refractivity contribution in [1.29, 1.82) is 0 Å². The maximum Gasteiger partial charge on any atom is 0.185 e. The first-order valence-corrected chi connectivity index (χ1v) is 8.84. The minimum absolute atomic E-state index is 0.291. The second kappa shape index (κ2) is 7.56. The first-order valence-electron chi connectivity index (χ1n) is 8.03. The zero-order valence-corrected chi connectivity index (χ0v) is 14.8. The van der Waals surface area contributed by atoms with Crippen molar-refractivity contribution in [3.05, 3.63) is 10.6 Å². The normalized spacial score (nSPS) is 15.2. The zero-order valence-electron chi connectivity index (χ0n) is 14.0. The van der Waals surface area contributed by atoms with E-state index in [1.807, 2.05) is 11.3 Å². The van der Waals surface area contributed by atoms with Crippen molar-refractivity contribution in [3.8, 4) is 0 Å². The smallest absolute Gasteiger partial charge is 0.185 e. The van der Waals surface area contributed by atoms with Crippen LogP contribution in [0.5, 0.6) is 0 Å². The maximum absolute atomic E-state index is 5.63. The summed E-state index contributed by atoms with van der Waals surface area (Å²) in [6, 6.07) is 0.743. The molecular formula is C16H29N3OS. The van der Waals surface area contributed by atoms with Gasteiger partial charge in [-0.2, -0.15) is 0 Å². The average molecular weight is 311 g/mol. The Morgan fingerprint density at radius 3 is 2.62 bits per heavy atom. The lowest BCUT2D eigenvalue weighted by Gasteiger charge is -2.16. The minimum atomic E-state index is 0.291. The predicted molar refractivity (Wildman–Crippen MR) is 90.4 cm³/mol. The number of hydrogen-bond acceptors (Lipinski definition) is 5. The van der Waals surface area contributed by atoms with Gasteiger partial charge in [0.15, 0.2) is 5.13 Å². The Hall–Kier alpha value is -0.650. The molecule has 1 saturated carbocycles. The standard InChI is InChI=1S/C16H29N3OS/c1-11(2)15-14(10-17-13-6-7-13)21-16(18-15)19(5)8-9-20-12(3)4/h11-13,17H,6-10H2,1-5H3. The van der Waals surface area contributed by atoms with Gasteiger partial charge in [0.25, 0.3) is 0 Å². The first-order chi connectivity index (χ1) is 9.97. The molecule has 21 heavy (non-hydrogen) atoms. The van der Waals surface area contributed by atoms with Gasteiger partial charge >= 0.3 is 0 Å². The molecule has 0 atom stereocenters. The summed E-state index contributed by atoms with van der Waals surface area (Å²) in [5.41, 5.74) is 1.25. The lowest BCUT2D eigenvalue weighted by Crippen LogP contribution is -2.23. The van der Waals surface area contributed by atoms with E-state index in [0.29, 0.717) is 12.0 Å². The van der Waals surface area contributed by atoms with Gasteiger partial charge in [-0.3, -0.25) is 0 Å². The fourth-order valence-corrected chi connectivity index (χ4v) is 3.29. The summed E-state index contributed by atoms with van der Waals surface area (Å²) in [5, 5.41) is 4.72. The van der Waals surface area contributed by atoms with E-state index in [0.717, 1.165) is 30.9 Å². The quantitative estimate of drug-likeness (QED) is 0.758. The van der Waals surface area contributed by atoms with E-state index in [-0.39, 0.29) is 0 Å². The molecule has 1 aromatic rings. The van der Waals surface area contributed by atoms with Crippen LogP contribution in [0.4, 0.5) is 5.13 Å². The molecule has 0 amide bonds. The van der Waals surface area contributed by atoms with E-state index in [4.69, 9.17) is 9.72 Å². The summed E-state index contributed by atoms with van der Waals surface area (Å²) < 4.78 is 5.63. The molecule has 0 radical (unpaired) electrons. The topological polar surface area (TPSA) is 37.4 Å². The third-order valence-corrected chi connectivity index (χ3v) is 4.78. The Kier molecular flexibility index (Phi) is 6.02. The Bertz CT molecular complexity index is 441. The number of likely N-dealkylation sites (N-methyl/N-ethyl adjacent to an activating group) is 1. The van der Waals surface area contributed by atoms with Crippen LogP contribution < -0.4 is 10.2 Å². The molecule has 1 aromatic heterocycles. The van der Waals surface area contributed by atoms with Crippen LogP contribution in [0.1, 0.15) is 57.0 Å². The number of aromatic nitrogens is 1. The van der Waals surface area contributed by atoms with Gasteiger partial charge in [-0.1, -0.05) is 13.8 Å². The number of ether oxygens (including phenoxy) is 1. The fourth-order valence-electron chi connectivity index (χ4n) is 2.14. The van der Waals surface area contributed by atoms with Crippen molar-refractivity contribution < 1.29 is 4.74 Å². The molecule has 0 bridgehead atoms. The van der Waals surface area contributed by atoms with Crippen LogP contribution in [0.25, 0.3) is 0 Å². The molecule has 0 unspecified atom stereocenters. The summed E-state index contributed by atoms with van der Waals surface area (Å²) in [7, 11) is 2.10. The van der Waals surface area contributed by atoms with Crippen LogP contribution in [-0.4, -0.2) is 37.3 Å². The van der Waals surface area contributed by atoms with Crippen molar-refractivity contribution in [1.82, 2.24) is 10.3 Å². The van der Waals surface area contributed by atoms with Gasteiger partial charge in [-0.05, 0) is 32.6 Å². The Morgan fingerprint density at radius 2 is 2.05 bits per heavy atom. The van der Waals surface area contributed by atoms with Gasteiger partial charge in [0, 0.05) is 31.1 Å². The molecule has 2 rings (SSSR count). The van der Waals surface area contributed by atoms with Gasteiger partial charge in [-0.15, -0.1) is 11.3 Å². The summed E-state index contributed by atoms with van der Waals surface area (Å²) in [6.45, 7) is 11.2. The maximum atomic E-state index is 5.63. The van der Waals surface area contributed by atoms with Crippen molar-refractivity contribution in [2.24, 2.45) is 0 Å². The molecule has 1 N–H and O–H groups in total. The number of nitrogens with one attached hydrogen (secondary N) is 1. The lowest BCUT2D eigenvalue weighted by atomic mass is 10.1. The molecule has 1 heterocycles. The molecule has 1 aliphatic rings. The van der Waals surface area contributed by atoms with Crippen molar-refractivity contribution >= 4 is 16.5 Å². The highest BCUT2D eigenvalue weighted by Crippen LogP contribution is 2.31. The number of hydrogen-bond donors (Lipinski definition) is 1. The van der Waals surface area contributed by atoms with E-state index in [9.17, 15) is 0 Å². The molecule has 120 valence electrons. The molecule has 4 nitrogen and oxygen atoms in total. The van der Waals surface area contributed by atoms with E-state index in [1.165, 1.54) is 23.4 Å². The highest BCUT2D eigenvalue weighted by Gasteiger charge is 2.22. The monoisotopic (exact) mass is 311 g/mol. The van der Waals surface area contributed by atoms with E-state index in [1.54, 1.807) is 0 Å². The van der Waals surface area contributed by atoms with E-state index < -0.39 is 0 Å². The second-order valence-corrected chi connectivity index (χ2v) is 7.52. The number of nitrogens with zero attached hydrogens (tertiary/aromatic N) is 2. The first kappa shape index (κ1) is 16.7. The lowest BCUT2D eigenvalue weighted by molar-refractivity contribution is 0.0846. The summed E-state index contributed by atoms with van der Waals surface area (Å²) in [6.07, 6.45) is 2.95. The average Bonchev–Trinajstić information content (AvgIpc) is 3.13. The molecule has 1 aliphatic carbocycles. The van der Waals surface area contributed by atoms with E-state index in [2.05, 4.69) is 45.0 Å². The molecule has 0 spiro atoms. The van der Waals surface area contributed by atoms with Crippen LogP contribution in [0.2, 0.25) is 0 Å². The van der Waals surface area contributed by atoms with Gasteiger partial charge in [0.2, 0.25) is 0 Å². The number of anilines is 1. The van der Waals surface area contributed by atoms with Crippen LogP contribution >= 0.6 is 11.3 Å². The third kappa shape index (κ3) is 5.24. The molecule has 0 saturated heterocycles. The van der Waals surface area contributed by atoms with Crippen LogP contribution in [0.3, 0.4) is 0 Å². The second-order valence-electron chi connectivity index (χ2n) is 6.46. The molecule has 1 fully saturated rings. The Morgan fingerprint density at radius 1 is 1.33 bits per heavy atom. The predicted octanol–water partition coefficient (Wildman–Crippen LogP) is 3.38. The van der Waals surface area contributed by atoms with Crippen molar-refractivity contribution in [2.75, 3.05) is 25.1 Å². The van der Waals surface area contributed by atoms with Crippen molar-refractivity contribution in [2.45, 2.75) is 65.1 Å². The molecule has 0 aromatic carbocycles. The van der Waals surface area contributed by atoms with Gasteiger partial charge in [0.05, 0.1) is 18.4 Å². The number of rotatable bonds is 9. The van der Waals surface area contributed by atoms with Crippen LogP contribution in [-0.2, 0) is 11.3 Å². The van der Waals surface area contributed by atoms with Gasteiger partial charge < -0.3 is 15.0 Å². The Balaban J connectivity index is 1.95. The molecule has 0 aliphatic heterocycles. The summed E-state index contributed by atoms with van der Waals surface area (Å²) in [4.78, 5) is 8.45. The largest absolute Gasteiger partial charge is 0.377 e. The number of thiazole rings is 1. The third-order valence-electron chi connectivity index (χ3n) is 3.60. The fraction of sp³-hybridized carbons (Fsp3) is 0.812. The zero-order chi connectivity index (χ0) is 15.4. The highest BCUT2D eigenvalue weighted by atomic mass is 32.1. The van der Waals surface area contributed by atoms with E-state index >= 15 is 0 Å². The molecular weight excluding hydrogens is 282 g/mol.